The van der Waals surface area contributed by atoms with Crippen LogP contribution >= 0.6 is 23.7 Å². The molecule has 0 amide bonds. The second-order valence-corrected chi connectivity index (χ2v) is 6.10. The fraction of sp³-hybridized carbons (Fsp3) is 0.538. The fourth-order valence-electron chi connectivity index (χ4n) is 2.41. The lowest BCUT2D eigenvalue weighted by Crippen LogP contribution is -2.45. The van der Waals surface area contributed by atoms with Gasteiger partial charge in [-0.1, -0.05) is 18.1 Å². The average Bonchev–Trinajstić information content (AvgIpc) is 3.04. The van der Waals surface area contributed by atoms with Crippen molar-refractivity contribution in [3.05, 3.63) is 23.4 Å². The molecule has 0 saturated carbocycles. The summed E-state index contributed by atoms with van der Waals surface area (Å²) in [4.78, 5) is 7.83. The summed E-state index contributed by atoms with van der Waals surface area (Å²) >= 11 is 1.62. The first-order valence-corrected chi connectivity index (χ1v) is 7.45. The lowest BCUT2D eigenvalue weighted by Gasteiger charge is -2.34. The van der Waals surface area contributed by atoms with E-state index in [0.717, 1.165) is 30.9 Å². The number of likely N-dealkylation sites (tertiary alicyclic amines) is 1. The van der Waals surface area contributed by atoms with Crippen LogP contribution in [0.5, 0.6) is 0 Å². The summed E-state index contributed by atoms with van der Waals surface area (Å²) in [5.41, 5.74) is 6.03. The molecule has 1 aliphatic rings. The Kier molecular flexibility index (Phi) is 5.15. The van der Waals surface area contributed by atoms with Crippen LogP contribution in [0.2, 0.25) is 0 Å². The van der Waals surface area contributed by atoms with E-state index in [1.807, 2.05) is 17.5 Å². The summed E-state index contributed by atoms with van der Waals surface area (Å²) in [6, 6.07) is 4.31. The Morgan fingerprint density at radius 1 is 1.55 bits per heavy atom. The second-order valence-electron chi connectivity index (χ2n) is 5.15. The molecule has 3 rings (SSSR count). The first-order chi connectivity index (χ1) is 9.22. The minimum atomic E-state index is 0. The molecular formula is C13H19ClN4OS. The molecule has 1 fully saturated rings. The van der Waals surface area contributed by atoms with Gasteiger partial charge < -0.3 is 10.3 Å². The highest BCUT2D eigenvalue weighted by molar-refractivity contribution is 7.13. The van der Waals surface area contributed by atoms with Crippen LogP contribution in [-0.2, 0) is 6.54 Å². The van der Waals surface area contributed by atoms with Crippen LogP contribution in [0, 0.1) is 5.92 Å². The van der Waals surface area contributed by atoms with E-state index in [9.17, 15) is 0 Å². The summed E-state index contributed by atoms with van der Waals surface area (Å²) in [7, 11) is 0. The maximum Gasteiger partial charge on any atom is 0.241 e. The van der Waals surface area contributed by atoms with Gasteiger partial charge >= 0.3 is 0 Å². The standard InChI is InChI=1S/C13H18N4OS.ClH/c1-9-7-17(5-4-10(9)14)8-12-15-13(16-18-12)11-3-2-6-19-11;/h2-3,6,9-10H,4-5,7-8,14H2,1H3;1H. The Labute approximate surface area is 128 Å². The number of halogens is 1. The zero-order valence-corrected chi connectivity index (χ0v) is 13.0. The first-order valence-electron chi connectivity index (χ1n) is 6.57. The van der Waals surface area contributed by atoms with Gasteiger partial charge in [0, 0.05) is 19.1 Å². The van der Waals surface area contributed by atoms with Gasteiger partial charge in [-0.15, -0.1) is 23.7 Å². The second kappa shape index (κ2) is 6.67. The molecule has 5 nitrogen and oxygen atoms in total. The third-order valence-corrected chi connectivity index (χ3v) is 4.49. The van der Waals surface area contributed by atoms with Crippen molar-refractivity contribution in [3.63, 3.8) is 0 Å². The van der Waals surface area contributed by atoms with Crippen molar-refractivity contribution in [2.75, 3.05) is 13.1 Å². The van der Waals surface area contributed by atoms with E-state index in [-0.39, 0.29) is 12.4 Å². The highest BCUT2D eigenvalue weighted by Crippen LogP contribution is 2.22. The fourth-order valence-corrected chi connectivity index (χ4v) is 3.06. The lowest BCUT2D eigenvalue weighted by atomic mass is 9.95. The topological polar surface area (TPSA) is 68.2 Å². The smallest absolute Gasteiger partial charge is 0.241 e. The molecule has 2 atom stereocenters. The predicted octanol–water partition coefficient (Wildman–Crippen LogP) is 2.39. The van der Waals surface area contributed by atoms with Gasteiger partial charge in [-0.25, -0.2) is 0 Å². The van der Waals surface area contributed by atoms with Crippen molar-refractivity contribution < 1.29 is 4.52 Å². The zero-order valence-electron chi connectivity index (χ0n) is 11.4. The highest BCUT2D eigenvalue weighted by atomic mass is 35.5. The Hall–Kier alpha value is -0.950. The number of nitrogens with zero attached hydrogens (tertiary/aromatic N) is 3. The minimum Gasteiger partial charge on any atom is -0.338 e. The molecule has 1 saturated heterocycles. The molecule has 1 aliphatic heterocycles. The molecule has 0 spiro atoms. The maximum atomic E-state index is 6.03. The number of piperidine rings is 1. The summed E-state index contributed by atoms with van der Waals surface area (Å²) < 4.78 is 5.33. The van der Waals surface area contributed by atoms with Crippen LogP contribution in [0.4, 0.5) is 0 Å². The molecule has 2 aromatic heterocycles. The van der Waals surface area contributed by atoms with Gasteiger partial charge in [0.05, 0.1) is 11.4 Å². The number of aromatic nitrogens is 2. The number of hydrogen-bond donors (Lipinski definition) is 1. The molecule has 0 aromatic carbocycles. The van der Waals surface area contributed by atoms with E-state index in [2.05, 4.69) is 22.0 Å². The predicted molar refractivity (Wildman–Crippen MR) is 81.9 cm³/mol. The Balaban J connectivity index is 0.00000147. The molecule has 0 aliphatic carbocycles. The Morgan fingerprint density at radius 3 is 3.10 bits per heavy atom. The summed E-state index contributed by atoms with van der Waals surface area (Å²) in [5, 5.41) is 6.04. The molecule has 110 valence electrons. The molecule has 20 heavy (non-hydrogen) atoms. The van der Waals surface area contributed by atoms with Crippen molar-refractivity contribution >= 4 is 23.7 Å². The summed E-state index contributed by atoms with van der Waals surface area (Å²) in [6.45, 7) is 4.91. The van der Waals surface area contributed by atoms with Crippen LogP contribution in [-0.4, -0.2) is 34.2 Å². The largest absolute Gasteiger partial charge is 0.338 e. The van der Waals surface area contributed by atoms with E-state index in [1.54, 1.807) is 11.3 Å². The number of nitrogens with two attached hydrogens (primary N) is 1. The highest BCUT2D eigenvalue weighted by Gasteiger charge is 2.24. The number of thiophene rings is 1. The minimum absolute atomic E-state index is 0. The van der Waals surface area contributed by atoms with Crippen molar-refractivity contribution in [1.29, 1.82) is 0 Å². The van der Waals surface area contributed by atoms with Crippen LogP contribution in [0.15, 0.2) is 22.0 Å². The van der Waals surface area contributed by atoms with E-state index in [4.69, 9.17) is 10.3 Å². The van der Waals surface area contributed by atoms with E-state index < -0.39 is 0 Å². The molecule has 0 radical (unpaired) electrons. The van der Waals surface area contributed by atoms with Gasteiger partial charge in [-0.2, -0.15) is 4.98 Å². The molecule has 0 bridgehead atoms. The Bertz CT molecular complexity index is 530. The van der Waals surface area contributed by atoms with Crippen molar-refractivity contribution in [2.24, 2.45) is 11.7 Å². The third-order valence-electron chi connectivity index (χ3n) is 3.62. The SMILES string of the molecule is CC1CN(Cc2nc(-c3cccs3)no2)CCC1N.Cl. The number of rotatable bonds is 3. The van der Waals surface area contributed by atoms with Gasteiger partial charge in [0.1, 0.15) is 0 Å². The molecule has 3 heterocycles. The van der Waals surface area contributed by atoms with Crippen molar-refractivity contribution in [2.45, 2.75) is 25.9 Å². The van der Waals surface area contributed by atoms with Crippen LogP contribution in [0.1, 0.15) is 19.2 Å². The molecule has 2 N–H and O–H groups in total. The summed E-state index contributed by atoms with van der Waals surface area (Å²) in [5.74, 6) is 1.89. The zero-order chi connectivity index (χ0) is 13.2. The molecular weight excluding hydrogens is 296 g/mol. The maximum absolute atomic E-state index is 6.03. The first kappa shape index (κ1) is 15.4. The van der Waals surface area contributed by atoms with E-state index in [1.165, 1.54) is 0 Å². The summed E-state index contributed by atoms with van der Waals surface area (Å²) in [6.07, 6.45) is 1.03. The molecule has 2 unspecified atom stereocenters. The number of hydrogen-bond acceptors (Lipinski definition) is 6. The lowest BCUT2D eigenvalue weighted by molar-refractivity contribution is 0.142. The Morgan fingerprint density at radius 2 is 2.40 bits per heavy atom. The third kappa shape index (κ3) is 3.38. The van der Waals surface area contributed by atoms with Gasteiger partial charge in [0.25, 0.3) is 0 Å². The van der Waals surface area contributed by atoms with E-state index >= 15 is 0 Å². The molecule has 7 heteroatoms. The monoisotopic (exact) mass is 314 g/mol. The van der Waals surface area contributed by atoms with Crippen LogP contribution < -0.4 is 5.73 Å². The van der Waals surface area contributed by atoms with Crippen LogP contribution in [0.25, 0.3) is 10.7 Å². The van der Waals surface area contributed by atoms with Crippen molar-refractivity contribution in [1.82, 2.24) is 15.0 Å². The normalized spacial score (nSPS) is 23.5. The van der Waals surface area contributed by atoms with Gasteiger partial charge in [0.2, 0.25) is 11.7 Å². The van der Waals surface area contributed by atoms with Crippen molar-refractivity contribution in [3.8, 4) is 10.7 Å². The van der Waals surface area contributed by atoms with Gasteiger partial charge in [-0.3, -0.25) is 4.90 Å². The van der Waals surface area contributed by atoms with Crippen LogP contribution in [0.3, 0.4) is 0 Å². The quantitative estimate of drug-likeness (QED) is 0.942. The molecule has 2 aromatic rings. The van der Waals surface area contributed by atoms with Gasteiger partial charge in [0.15, 0.2) is 0 Å². The van der Waals surface area contributed by atoms with E-state index in [0.29, 0.717) is 23.7 Å². The van der Waals surface area contributed by atoms with Gasteiger partial charge in [-0.05, 0) is 23.8 Å². The average molecular weight is 315 g/mol.